The number of benzene rings is 1. The number of hydrogen-bond acceptors (Lipinski definition) is 3. The Kier molecular flexibility index (Phi) is 3.95. The normalized spacial score (nSPS) is 12.6. The predicted octanol–water partition coefficient (Wildman–Crippen LogP) is 1.85. The standard InChI is InChI=1S/C10H9F3O4/c1-4-6(8(14)9(15)16)2-5(11)3-7(4)17-10(12)13/h2-3,8,10,14H,1H3,(H,15,16). The van der Waals surface area contributed by atoms with Crippen LogP contribution >= 0.6 is 0 Å². The molecule has 0 saturated carbocycles. The number of halogens is 3. The van der Waals surface area contributed by atoms with Crippen LogP contribution in [-0.2, 0) is 4.79 Å². The summed E-state index contributed by atoms with van der Waals surface area (Å²) >= 11 is 0. The van der Waals surface area contributed by atoms with E-state index in [4.69, 9.17) is 5.11 Å². The molecule has 0 fully saturated rings. The Morgan fingerprint density at radius 2 is 2.00 bits per heavy atom. The summed E-state index contributed by atoms with van der Waals surface area (Å²) in [4.78, 5) is 10.5. The maximum absolute atomic E-state index is 13.1. The molecule has 2 N–H and O–H groups in total. The number of hydrogen-bond donors (Lipinski definition) is 2. The number of aliphatic hydroxyl groups is 1. The van der Waals surface area contributed by atoms with Gasteiger partial charge in [0.25, 0.3) is 0 Å². The van der Waals surface area contributed by atoms with Gasteiger partial charge >= 0.3 is 12.6 Å². The number of carboxylic acids is 1. The van der Waals surface area contributed by atoms with Gasteiger partial charge in [0.15, 0.2) is 6.10 Å². The SMILES string of the molecule is Cc1c(OC(F)F)cc(F)cc1C(O)C(=O)O. The van der Waals surface area contributed by atoms with Crippen molar-refractivity contribution >= 4 is 5.97 Å². The Hall–Kier alpha value is -1.76. The molecule has 0 amide bonds. The molecule has 0 saturated heterocycles. The number of ether oxygens (including phenoxy) is 1. The highest BCUT2D eigenvalue weighted by molar-refractivity contribution is 5.75. The van der Waals surface area contributed by atoms with Gasteiger partial charge in [0.1, 0.15) is 11.6 Å². The average molecular weight is 250 g/mol. The number of carbonyl (C=O) groups is 1. The minimum atomic E-state index is -3.16. The topological polar surface area (TPSA) is 66.8 Å². The second-order valence-corrected chi connectivity index (χ2v) is 3.24. The number of aliphatic hydroxyl groups excluding tert-OH is 1. The Morgan fingerprint density at radius 3 is 2.47 bits per heavy atom. The van der Waals surface area contributed by atoms with Crippen molar-refractivity contribution < 1.29 is 32.9 Å². The Morgan fingerprint density at radius 1 is 1.41 bits per heavy atom. The molecule has 1 aromatic carbocycles. The van der Waals surface area contributed by atoms with Crippen LogP contribution in [0.2, 0.25) is 0 Å². The lowest BCUT2D eigenvalue weighted by Crippen LogP contribution is -2.13. The van der Waals surface area contributed by atoms with Crippen molar-refractivity contribution in [3.8, 4) is 5.75 Å². The van der Waals surface area contributed by atoms with Crippen LogP contribution < -0.4 is 4.74 Å². The maximum Gasteiger partial charge on any atom is 0.387 e. The molecule has 0 bridgehead atoms. The zero-order valence-electron chi connectivity index (χ0n) is 8.65. The van der Waals surface area contributed by atoms with Crippen molar-refractivity contribution in [2.24, 2.45) is 0 Å². The number of alkyl halides is 2. The van der Waals surface area contributed by atoms with Crippen molar-refractivity contribution in [3.63, 3.8) is 0 Å². The van der Waals surface area contributed by atoms with Crippen LogP contribution in [0.15, 0.2) is 12.1 Å². The van der Waals surface area contributed by atoms with E-state index in [1.54, 1.807) is 0 Å². The molecule has 4 nitrogen and oxygen atoms in total. The highest BCUT2D eigenvalue weighted by atomic mass is 19.3. The first-order valence-corrected chi connectivity index (χ1v) is 4.48. The Balaban J connectivity index is 3.23. The van der Waals surface area contributed by atoms with Crippen LogP contribution in [0.1, 0.15) is 17.2 Å². The third kappa shape index (κ3) is 3.10. The molecule has 0 radical (unpaired) electrons. The van der Waals surface area contributed by atoms with Gasteiger partial charge in [-0.15, -0.1) is 0 Å². The summed E-state index contributed by atoms with van der Waals surface area (Å²) in [5, 5.41) is 17.8. The quantitative estimate of drug-likeness (QED) is 0.855. The van der Waals surface area contributed by atoms with E-state index < -0.39 is 30.3 Å². The molecule has 0 aliphatic heterocycles. The van der Waals surface area contributed by atoms with Crippen LogP contribution in [0.4, 0.5) is 13.2 Å². The smallest absolute Gasteiger partial charge is 0.387 e. The summed E-state index contributed by atoms with van der Waals surface area (Å²) in [6, 6.07) is 1.45. The van der Waals surface area contributed by atoms with E-state index in [0.29, 0.717) is 6.07 Å². The van der Waals surface area contributed by atoms with Crippen LogP contribution in [0.3, 0.4) is 0 Å². The van der Waals surface area contributed by atoms with Gasteiger partial charge in [-0.3, -0.25) is 0 Å². The van der Waals surface area contributed by atoms with Crippen LogP contribution in [0.5, 0.6) is 5.75 Å². The van der Waals surface area contributed by atoms with Crippen molar-refractivity contribution in [1.82, 2.24) is 0 Å². The first-order valence-electron chi connectivity index (χ1n) is 4.48. The molecule has 1 aromatic rings. The molecule has 0 aliphatic rings. The molecule has 1 unspecified atom stereocenters. The van der Waals surface area contributed by atoms with Gasteiger partial charge in [-0.2, -0.15) is 8.78 Å². The highest BCUT2D eigenvalue weighted by Crippen LogP contribution is 2.29. The second-order valence-electron chi connectivity index (χ2n) is 3.24. The zero-order valence-corrected chi connectivity index (χ0v) is 8.65. The maximum atomic E-state index is 13.1. The van der Waals surface area contributed by atoms with Gasteiger partial charge in [-0.25, -0.2) is 9.18 Å². The fourth-order valence-electron chi connectivity index (χ4n) is 1.31. The third-order valence-corrected chi connectivity index (χ3v) is 2.11. The lowest BCUT2D eigenvalue weighted by Gasteiger charge is -2.14. The van der Waals surface area contributed by atoms with Crippen LogP contribution in [-0.4, -0.2) is 22.8 Å². The lowest BCUT2D eigenvalue weighted by atomic mass is 10.0. The number of carboxylic acid groups (broad SMARTS) is 1. The third-order valence-electron chi connectivity index (χ3n) is 2.11. The van der Waals surface area contributed by atoms with E-state index in [2.05, 4.69) is 4.74 Å². The van der Waals surface area contributed by atoms with E-state index in [1.165, 1.54) is 6.92 Å². The summed E-state index contributed by atoms with van der Waals surface area (Å²) in [5.41, 5.74) is -0.380. The molecule has 0 aliphatic carbocycles. The molecular formula is C10H9F3O4. The molecule has 1 rings (SSSR count). The van der Waals surface area contributed by atoms with Crippen molar-refractivity contribution in [2.75, 3.05) is 0 Å². The summed E-state index contributed by atoms with van der Waals surface area (Å²) in [5.74, 6) is -3.08. The molecule has 94 valence electrons. The average Bonchev–Trinajstić information content (AvgIpc) is 2.21. The minimum absolute atomic E-state index is 0.0541. The van der Waals surface area contributed by atoms with Gasteiger partial charge in [0.2, 0.25) is 0 Å². The van der Waals surface area contributed by atoms with E-state index in [1.807, 2.05) is 0 Å². The first kappa shape index (κ1) is 13.3. The van der Waals surface area contributed by atoms with Gasteiger partial charge in [-0.05, 0) is 18.6 Å². The highest BCUT2D eigenvalue weighted by Gasteiger charge is 2.22. The van der Waals surface area contributed by atoms with E-state index in [9.17, 15) is 23.1 Å². The van der Waals surface area contributed by atoms with E-state index in [0.717, 1.165) is 6.07 Å². The van der Waals surface area contributed by atoms with Crippen LogP contribution in [0.25, 0.3) is 0 Å². The van der Waals surface area contributed by atoms with E-state index in [-0.39, 0.29) is 11.1 Å². The number of aliphatic carboxylic acids is 1. The van der Waals surface area contributed by atoms with Crippen molar-refractivity contribution in [3.05, 3.63) is 29.1 Å². The second kappa shape index (κ2) is 5.05. The largest absolute Gasteiger partial charge is 0.479 e. The molecule has 1 atom stereocenters. The van der Waals surface area contributed by atoms with Gasteiger partial charge < -0.3 is 14.9 Å². The summed E-state index contributed by atoms with van der Waals surface area (Å²) in [6.45, 7) is -1.91. The molecule has 0 heterocycles. The molecule has 7 heteroatoms. The zero-order chi connectivity index (χ0) is 13.2. The fraction of sp³-hybridized carbons (Fsp3) is 0.300. The fourth-order valence-corrected chi connectivity index (χ4v) is 1.31. The van der Waals surface area contributed by atoms with Gasteiger partial charge in [-0.1, -0.05) is 0 Å². The molecule has 0 aromatic heterocycles. The molecule has 0 spiro atoms. The monoisotopic (exact) mass is 250 g/mol. The molecule has 17 heavy (non-hydrogen) atoms. The number of rotatable bonds is 4. The van der Waals surface area contributed by atoms with Crippen LogP contribution in [0, 0.1) is 12.7 Å². The van der Waals surface area contributed by atoms with Gasteiger partial charge in [0.05, 0.1) is 0 Å². The Bertz CT molecular complexity index is 434. The minimum Gasteiger partial charge on any atom is -0.479 e. The predicted molar refractivity (Wildman–Crippen MR) is 50.4 cm³/mol. The summed E-state index contributed by atoms with van der Waals surface area (Å²) in [7, 11) is 0. The Labute approximate surface area is 94.3 Å². The molecular weight excluding hydrogens is 241 g/mol. The van der Waals surface area contributed by atoms with Gasteiger partial charge in [0, 0.05) is 11.6 Å². The first-order chi connectivity index (χ1) is 7.82. The lowest BCUT2D eigenvalue weighted by molar-refractivity contribution is -0.147. The summed E-state index contributed by atoms with van der Waals surface area (Å²) in [6.07, 6.45) is -1.99. The summed E-state index contributed by atoms with van der Waals surface area (Å²) < 4.78 is 41.1. The van der Waals surface area contributed by atoms with E-state index >= 15 is 0 Å². The van der Waals surface area contributed by atoms with Crippen molar-refractivity contribution in [2.45, 2.75) is 19.6 Å². The van der Waals surface area contributed by atoms with Crippen molar-refractivity contribution in [1.29, 1.82) is 0 Å².